The number of halogens is 6. The molecule has 0 spiro atoms. The van der Waals surface area contributed by atoms with Crippen LogP contribution in [-0.4, -0.2) is 17.2 Å². The number of phenols is 1. The zero-order valence-corrected chi connectivity index (χ0v) is 8.86. The highest BCUT2D eigenvalue weighted by atomic mass is 35.5. The Bertz CT molecular complexity index is 420. The van der Waals surface area contributed by atoms with E-state index in [2.05, 4.69) is 0 Å². The van der Waals surface area contributed by atoms with Gasteiger partial charge in [-0.25, -0.2) is 0 Å². The third kappa shape index (κ3) is 2.61. The minimum absolute atomic E-state index is 0.105. The Balaban J connectivity index is 3.21. The van der Waals surface area contributed by atoms with Crippen molar-refractivity contribution in [2.24, 2.45) is 5.73 Å². The van der Waals surface area contributed by atoms with E-state index in [9.17, 15) is 27.1 Å². The molecule has 1 aromatic carbocycles. The molecule has 96 valence electrons. The average molecular weight is 276 g/mol. The molecule has 3 N–H and O–H groups in total. The fourth-order valence-corrected chi connectivity index (χ4v) is 1.33. The molecular formula is C9H7ClF5NO. The van der Waals surface area contributed by atoms with E-state index in [1.165, 1.54) is 0 Å². The number of aromatic hydroxyl groups is 1. The third-order valence-electron chi connectivity index (χ3n) is 2.09. The quantitative estimate of drug-likeness (QED) is 0.814. The maximum Gasteiger partial charge on any atom is 0.455 e. The average Bonchev–Trinajstić information content (AvgIpc) is 2.19. The summed E-state index contributed by atoms with van der Waals surface area (Å²) in [6, 6.07) is 0.0746. The van der Waals surface area contributed by atoms with E-state index in [0.29, 0.717) is 0 Å². The van der Waals surface area contributed by atoms with E-state index >= 15 is 0 Å². The fourth-order valence-electron chi connectivity index (χ4n) is 1.15. The number of phenolic OH excluding ortho intramolecular Hbond substituents is 1. The van der Waals surface area contributed by atoms with Crippen molar-refractivity contribution >= 4 is 11.6 Å². The van der Waals surface area contributed by atoms with E-state index in [0.717, 1.165) is 18.2 Å². The van der Waals surface area contributed by atoms with Gasteiger partial charge in [0.2, 0.25) is 0 Å². The second kappa shape index (κ2) is 4.30. The topological polar surface area (TPSA) is 46.2 Å². The summed E-state index contributed by atoms with van der Waals surface area (Å²) in [5, 5.41) is 9.09. The molecule has 1 aromatic rings. The molecule has 17 heavy (non-hydrogen) atoms. The largest absolute Gasteiger partial charge is 0.508 e. The van der Waals surface area contributed by atoms with Crippen LogP contribution in [0.4, 0.5) is 22.0 Å². The van der Waals surface area contributed by atoms with Crippen LogP contribution in [0.3, 0.4) is 0 Å². The smallest absolute Gasteiger partial charge is 0.455 e. The Morgan fingerprint density at radius 3 is 2.18 bits per heavy atom. The molecule has 8 heteroatoms. The first-order valence-electron chi connectivity index (χ1n) is 4.26. The summed E-state index contributed by atoms with van der Waals surface area (Å²) in [4.78, 5) is 0. The monoisotopic (exact) mass is 275 g/mol. The first-order valence-corrected chi connectivity index (χ1v) is 4.63. The number of rotatable bonds is 2. The lowest BCUT2D eigenvalue weighted by molar-refractivity contribution is -0.291. The Morgan fingerprint density at radius 1 is 1.18 bits per heavy atom. The number of hydrogen-bond donors (Lipinski definition) is 2. The number of nitrogens with two attached hydrogens (primary N) is 1. The van der Waals surface area contributed by atoms with E-state index in [1.807, 2.05) is 0 Å². The predicted molar refractivity (Wildman–Crippen MR) is 51.0 cm³/mol. The lowest BCUT2D eigenvalue weighted by atomic mass is 10.00. The molecule has 0 amide bonds. The van der Waals surface area contributed by atoms with Crippen LogP contribution in [0.2, 0.25) is 5.02 Å². The van der Waals surface area contributed by atoms with Crippen LogP contribution in [-0.2, 0) is 0 Å². The molecule has 2 nitrogen and oxygen atoms in total. The van der Waals surface area contributed by atoms with Crippen molar-refractivity contribution in [1.29, 1.82) is 0 Å². The highest BCUT2D eigenvalue weighted by Crippen LogP contribution is 2.45. The maximum absolute atomic E-state index is 12.9. The van der Waals surface area contributed by atoms with Crippen molar-refractivity contribution in [2.45, 2.75) is 18.1 Å². The van der Waals surface area contributed by atoms with Crippen LogP contribution in [0.1, 0.15) is 11.6 Å². The molecule has 0 aliphatic heterocycles. The van der Waals surface area contributed by atoms with Gasteiger partial charge in [0.15, 0.2) is 0 Å². The molecule has 1 atom stereocenters. The SMILES string of the molecule is N[C@@H](c1cc(Cl)ccc1O)C(F)(F)C(F)(F)F. The van der Waals surface area contributed by atoms with E-state index in [-0.39, 0.29) is 5.02 Å². The van der Waals surface area contributed by atoms with Gasteiger partial charge in [0.25, 0.3) is 0 Å². The molecule has 0 aliphatic carbocycles. The van der Waals surface area contributed by atoms with Crippen LogP contribution in [0.25, 0.3) is 0 Å². The first-order chi connectivity index (χ1) is 7.57. The van der Waals surface area contributed by atoms with Crippen molar-refractivity contribution in [3.05, 3.63) is 28.8 Å². The maximum atomic E-state index is 12.9. The van der Waals surface area contributed by atoms with Gasteiger partial charge in [-0.05, 0) is 18.2 Å². The molecule has 0 saturated carbocycles. The summed E-state index contributed by atoms with van der Waals surface area (Å²) in [6.07, 6.45) is -5.80. The summed E-state index contributed by atoms with van der Waals surface area (Å²) in [5.74, 6) is -5.93. The minimum atomic E-state index is -5.80. The summed E-state index contributed by atoms with van der Waals surface area (Å²) in [6.45, 7) is 0. The second-order valence-electron chi connectivity index (χ2n) is 3.30. The summed E-state index contributed by atoms with van der Waals surface area (Å²) >= 11 is 5.43. The molecule has 0 radical (unpaired) electrons. The molecule has 0 fully saturated rings. The number of hydrogen-bond acceptors (Lipinski definition) is 2. The van der Waals surface area contributed by atoms with Gasteiger partial charge < -0.3 is 10.8 Å². The third-order valence-corrected chi connectivity index (χ3v) is 2.33. The normalized spacial score (nSPS) is 14.8. The molecule has 1 rings (SSSR count). The van der Waals surface area contributed by atoms with E-state index < -0.39 is 29.5 Å². The molecule has 0 aliphatic rings. The minimum Gasteiger partial charge on any atom is -0.508 e. The van der Waals surface area contributed by atoms with Gasteiger partial charge in [0.05, 0.1) is 0 Å². The van der Waals surface area contributed by atoms with Crippen LogP contribution in [0, 0.1) is 0 Å². The molecule has 0 saturated heterocycles. The highest BCUT2D eigenvalue weighted by Gasteiger charge is 2.62. The molecule has 0 unspecified atom stereocenters. The van der Waals surface area contributed by atoms with Crippen molar-refractivity contribution in [2.75, 3.05) is 0 Å². The Hall–Kier alpha value is -1.08. The van der Waals surface area contributed by atoms with Gasteiger partial charge in [0.1, 0.15) is 11.8 Å². The Kier molecular flexibility index (Phi) is 3.54. The van der Waals surface area contributed by atoms with Gasteiger partial charge in [0, 0.05) is 10.6 Å². The van der Waals surface area contributed by atoms with Crippen LogP contribution in [0.5, 0.6) is 5.75 Å². The lowest BCUT2D eigenvalue weighted by Gasteiger charge is -2.26. The van der Waals surface area contributed by atoms with Gasteiger partial charge >= 0.3 is 12.1 Å². The van der Waals surface area contributed by atoms with Crippen LogP contribution in [0.15, 0.2) is 18.2 Å². The molecule has 0 bridgehead atoms. The van der Waals surface area contributed by atoms with Gasteiger partial charge in [-0.1, -0.05) is 11.6 Å². The molecule has 0 heterocycles. The predicted octanol–water partition coefficient (Wildman–Crippen LogP) is 3.24. The first kappa shape index (κ1) is 14.0. The fraction of sp³-hybridized carbons (Fsp3) is 0.333. The lowest BCUT2D eigenvalue weighted by Crippen LogP contribution is -2.45. The second-order valence-corrected chi connectivity index (χ2v) is 3.74. The van der Waals surface area contributed by atoms with Crippen molar-refractivity contribution in [1.82, 2.24) is 0 Å². The highest BCUT2D eigenvalue weighted by molar-refractivity contribution is 6.30. The Morgan fingerprint density at radius 2 is 1.71 bits per heavy atom. The van der Waals surface area contributed by atoms with Crippen molar-refractivity contribution in [3.63, 3.8) is 0 Å². The van der Waals surface area contributed by atoms with E-state index in [4.69, 9.17) is 17.3 Å². The zero-order chi connectivity index (χ0) is 13.4. The Labute approximate surface area is 97.8 Å². The zero-order valence-electron chi connectivity index (χ0n) is 8.10. The van der Waals surface area contributed by atoms with Gasteiger partial charge in [-0.15, -0.1) is 0 Å². The van der Waals surface area contributed by atoms with Gasteiger partial charge in [-0.2, -0.15) is 22.0 Å². The molecular weight excluding hydrogens is 269 g/mol. The summed E-state index contributed by atoms with van der Waals surface area (Å²) in [5.41, 5.74) is 4.08. The standard InChI is InChI=1S/C9H7ClF5NO/c10-4-1-2-6(17)5(3-4)7(16)8(11,12)9(13,14)15/h1-3,7,17H,16H2/t7-/m0/s1. The van der Waals surface area contributed by atoms with Gasteiger partial charge in [-0.3, -0.25) is 0 Å². The summed E-state index contributed by atoms with van der Waals surface area (Å²) in [7, 11) is 0. The van der Waals surface area contributed by atoms with Crippen LogP contribution >= 0.6 is 11.6 Å². The number of alkyl halides is 5. The van der Waals surface area contributed by atoms with Crippen molar-refractivity contribution < 1.29 is 27.1 Å². The summed E-state index contributed by atoms with van der Waals surface area (Å²) < 4.78 is 62.0. The van der Waals surface area contributed by atoms with Crippen molar-refractivity contribution in [3.8, 4) is 5.75 Å². The number of benzene rings is 1. The van der Waals surface area contributed by atoms with Crippen LogP contribution < -0.4 is 5.73 Å². The molecule has 0 aromatic heterocycles. The van der Waals surface area contributed by atoms with E-state index in [1.54, 1.807) is 0 Å².